The maximum atomic E-state index is 11.1. The highest BCUT2D eigenvalue weighted by Gasteiger charge is 2.10. The standard InChI is InChI=1S/C14H22BrNO2S2/c1-14(2,3)16-10-11-5-6-12(9-13(11)15)19-7-8-20(4,17)18/h5-6,9,16H,7-8,10H2,1-4H3. The second-order valence-corrected chi connectivity index (χ2v) is 10.1. The van der Waals surface area contributed by atoms with Crippen LogP contribution < -0.4 is 5.32 Å². The minimum atomic E-state index is -2.88. The zero-order valence-corrected chi connectivity index (χ0v) is 15.6. The van der Waals surface area contributed by atoms with Gasteiger partial charge in [0.1, 0.15) is 9.84 Å². The first kappa shape index (κ1) is 18.0. The summed E-state index contributed by atoms with van der Waals surface area (Å²) in [6, 6.07) is 6.16. The van der Waals surface area contributed by atoms with Gasteiger partial charge in [-0.3, -0.25) is 0 Å². The van der Waals surface area contributed by atoms with E-state index in [2.05, 4.69) is 48.1 Å². The van der Waals surface area contributed by atoms with Crippen molar-refractivity contribution < 1.29 is 8.42 Å². The van der Waals surface area contributed by atoms with Gasteiger partial charge in [-0.2, -0.15) is 0 Å². The van der Waals surface area contributed by atoms with E-state index in [1.165, 1.54) is 11.8 Å². The topological polar surface area (TPSA) is 46.2 Å². The molecular formula is C14H22BrNO2S2. The van der Waals surface area contributed by atoms with E-state index in [1.807, 2.05) is 12.1 Å². The van der Waals surface area contributed by atoms with Crippen molar-refractivity contribution in [2.75, 3.05) is 17.8 Å². The lowest BCUT2D eigenvalue weighted by Gasteiger charge is -2.21. The van der Waals surface area contributed by atoms with Crippen molar-refractivity contribution >= 4 is 37.5 Å². The van der Waals surface area contributed by atoms with E-state index in [1.54, 1.807) is 11.8 Å². The average molecular weight is 380 g/mol. The van der Waals surface area contributed by atoms with Crippen molar-refractivity contribution in [3.8, 4) is 0 Å². The van der Waals surface area contributed by atoms with Crippen LogP contribution in [-0.4, -0.2) is 31.7 Å². The van der Waals surface area contributed by atoms with Gasteiger partial charge in [0.25, 0.3) is 0 Å². The van der Waals surface area contributed by atoms with Gasteiger partial charge in [-0.15, -0.1) is 11.8 Å². The SMILES string of the molecule is CC(C)(C)NCc1ccc(SCCS(C)(=O)=O)cc1Br. The first-order valence-electron chi connectivity index (χ1n) is 6.41. The van der Waals surface area contributed by atoms with Gasteiger partial charge in [0, 0.05) is 33.5 Å². The summed E-state index contributed by atoms with van der Waals surface area (Å²) in [5.74, 6) is 0.799. The number of rotatable bonds is 6. The van der Waals surface area contributed by atoms with Gasteiger partial charge in [0.05, 0.1) is 5.75 Å². The molecule has 1 aromatic carbocycles. The average Bonchev–Trinajstić information content (AvgIpc) is 2.24. The van der Waals surface area contributed by atoms with Crippen molar-refractivity contribution in [3.63, 3.8) is 0 Å². The van der Waals surface area contributed by atoms with Crippen LogP contribution >= 0.6 is 27.7 Å². The molecule has 1 rings (SSSR count). The van der Waals surface area contributed by atoms with Crippen molar-refractivity contribution in [2.24, 2.45) is 0 Å². The van der Waals surface area contributed by atoms with Crippen LogP contribution in [0.4, 0.5) is 0 Å². The quantitative estimate of drug-likeness (QED) is 0.768. The van der Waals surface area contributed by atoms with Crippen molar-refractivity contribution in [1.82, 2.24) is 5.32 Å². The molecule has 1 N–H and O–H groups in total. The van der Waals surface area contributed by atoms with E-state index < -0.39 is 9.84 Å². The molecule has 0 amide bonds. The number of thioether (sulfide) groups is 1. The molecule has 114 valence electrons. The third kappa shape index (κ3) is 7.67. The molecule has 0 aliphatic heterocycles. The van der Waals surface area contributed by atoms with E-state index >= 15 is 0 Å². The Kier molecular flexibility index (Phi) is 6.57. The molecule has 0 fully saturated rings. The lowest BCUT2D eigenvalue weighted by molar-refractivity contribution is 0.424. The van der Waals surface area contributed by atoms with Crippen LogP contribution in [0, 0.1) is 0 Å². The highest BCUT2D eigenvalue weighted by atomic mass is 79.9. The van der Waals surface area contributed by atoms with E-state index in [4.69, 9.17) is 0 Å². The summed E-state index contributed by atoms with van der Waals surface area (Å²) in [6.07, 6.45) is 1.27. The van der Waals surface area contributed by atoms with Crippen LogP contribution in [-0.2, 0) is 16.4 Å². The number of halogens is 1. The summed E-state index contributed by atoms with van der Waals surface area (Å²) in [4.78, 5) is 1.08. The van der Waals surface area contributed by atoms with Crippen molar-refractivity contribution in [1.29, 1.82) is 0 Å². The third-order valence-electron chi connectivity index (χ3n) is 2.56. The second-order valence-electron chi connectivity index (χ2n) is 5.84. The minimum absolute atomic E-state index is 0.0857. The molecule has 0 aromatic heterocycles. The number of sulfone groups is 1. The maximum absolute atomic E-state index is 11.1. The molecule has 0 bridgehead atoms. The fraction of sp³-hybridized carbons (Fsp3) is 0.571. The van der Waals surface area contributed by atoms with Crippen LogP contribution in [0.5, 0.6) is 0 Å². The van der Waals surface area contributed by atoms with Gasteiger partial charge in [0.15, 0.2) is 0 Å². The molecule has 0 radical (unpaired) electrons. The molecule has 0 heterocycles. The van der Waals surface area contributed by atoms with Gasteiger partial charge in [0.2, 0.25) is 0 Å². The van der Waals surface area contributed by atoms with Gasteiger partial charge in [-0.05, 0) is 38.5 Å². The van der Waals surface area contributed by atoms with Gasteiger partial charge in [-0.25, -0.2) is 8.42 Å². The predicted molar refractivity (Wildman–Crippen MR) is 91.2 cm³/mol. The fourth-order valence-electron chi connectivity index (χ4n) is 1.43. The molecule has 0 saturated carbocycles. The predicted octanol–water partition coefficient (Wildman–Crippen LogP) is 3.47. The summed E-state index contributed by atoms with van der Waals surface area (Å²) >= 11 is 5.14. The van der Waals surface area contributed by atoms with Gasteiger partial charge < -0.3 is 5.32 Å². The van der Waals surface area contributed by atoms with E-state index in [0.717, 1.165) is 15.9 Å². The Labute approximate surface area is 135 Å². The normalized spacial score (nSPS) is 12.7. The molecule has 20 heavy (non-hydrogen) atoms. The van der Waals surface area contributed by atoms with E-state index in [0.29, 0.717) is 5.75 Å². The van der Waals surface area contributed by atoms with Crippen molar-refractivity contribution in [2.45, 2.75) is 37.8 Å². The monoisotopic (exact) mass is 379 g/mol. The Hall–Kier alpha value is -0.0400. The van der Waals surface area contributed by atoms with E-state index in [9.17, 15) is 8.42 Å². The van der Waals surface area contributed by atoms with Gasteiger partial charge in [-0.1, -0.05) is 22.0 Å². The lowest BCUT2D eigenvalue weighted by atomic mass is 10.1. The number of nitrogens with one attached hydrogen (secondary N) is 1. The van der Waals surface area contributed by atoms with Crippen LogP contribution in [0.15, 0.2) is 27.6 Å². The van der Waals surface area contributed by atoms with Crippen LogP contribution in [0.25, 0.3) is 0 Å². The zero-order valence-electron chi connectivity index (χ0n) is 12.4. The third-order valence-corrected chi connectivity index (χ3v) is 5.49. The summed E-state index contributed by atoms with van der Waals surface area (Å²) in [5, 5.41) is 3.45. The molecule has 6 heteroatoms. The Morgan fingerprint density at radius 3 is 2.45 bits per heavy atom. The van der Waals surface area contributed by atoms with Crippen molar-refractivity contribution in [3.05, 3.63) is 28.2 Å². The second kappa shape index (κ2) is 7.29. The fourth-order valence-corrected chi connectivity index (χ4v) is 4.25. The van der Waals surface area contributed by atoms with Gasteiger partial charge >= 0.3 is 0 Å². The minimum Gasteiger partial charge on any atom is -0.308 e. The number of hydrogen-bond donors (Lipinski definition) is 1. The summed E-state index contributed by atoms with van der Waals surface area (Å²) in [5.41, 5.74) is 1.29. The summed E-state index contributed by atoms with van der Waals surface area (Å²) < 4.78 is 23.2. The highest BCUT2D eigenvalue weighted by Crippen LogP contribution is 2.25. The Morgan fingerprint density at radius 1 is 1.30 bits per heavy atom. The summed E-state index contributed by atoms with van der Waals surface area (Å²) in [7, 11) is -2.88. The maximum Gasteiger partial charge on any atom is 0.148 e. The molecule has 1 aromatic rings. The Balaban J connectivity index is 2.59. The lowest BCUT2D eigenvalue weighted by Crippen LogP contribution is -2.35. The molecule has 0 unspecified atom stereocenters. The largest absolute Gasteiger partial charge is 0.308 e. The molecule has 0 spiro atoms. The molecule has 0 aliphatic carbocycles. The molecule has 0 aliphatic rings. The Bertz CT molecular complexity index is 551. The molecular weight excluding hydrogens is 358 g/mol. The van der Waals surface area contributed by atoms with Crippen LogP contribution in [0.1, 0.15) is 26.3 Å². The van der Waals surface area contributed by atoms with Crippen LogP contribution in [0.3, 0.4) is 0 Å². The molecule has 0 saturated heterocycles. The first-order chi connectivity index (χ1) is 9.07. The number of benzene rings is 1. The van der Waals surface area contributed by atoms with Crippen LogP contribution in [0.2, 0.25) is 0 Å². The Morgan fingerprint density at radius 2 is 1.95 bits per heavy atom. The highest BCUT2D eigenvalue weighted by molar-refractivity contribution is 9.10. The molecule has 0 atom stereocenters. The molecule has 3 nitrogen and oxygen atoms in total. The smallest absolute Gasteiger partial charge is 0.148 e. The van der Waals surface area contributed by atoms with E-state index in [-0.39, 0.29) is 11.3 Å². The summed E-state index contributed by atoms with van der Waals surface area (Å²) in [6.45, 7) is 7.21. The first-order valence-corrected chi connectivity index (χ1v) is 10.2. The number of hydrogen-bond acceptors (Lipinski definition) is 4. The zero-order chi connectivity index (χ0) is 15.4.